The highest BCUT2D eigenvalue weighted by Gasteiger charge is 2.47. The molecule has 0 aromatic carbocycles. The number of ether oxygens (including phenoxy) is 2. The first-order valence-electron chi connectivity index (χ1n) is 13.3. The Balaban J connectivity index is 2.36. The number of unbranched alkanes of at least 4 members (excludes halogenated alkanes) is 11. The second kappa shape index (κ2) is 18.6. The van der Waals surface area contributed by atoms with Crippen molar-refractivity contribution in [2.75, 3.05) is 6.61 Å². The third kappa shape index (κ3) is 12.6. The topological polar surface area (TPSA) is 166 Å². The van der Waals surface area contributed by atoms with E-state index >= 15 is 0 Å². The molecule has 1 saturated heterocycles. The summed E-state index contributed by atoms with van der Waals surface area (Å²) >= 11 is 0. The lowest BCUT2D eigenvalue weighted by Gasteiger charge is -2.39. The van der Waals surface area contributed by atoms with Crippen LogP contribution >= 0.6 is 0 Å². The van der Waals surface area contributed by atoms with Crippen LogP contribution < -0.4 is 5.32 Å². The van der Waals surface area contributed by atoms with Crippen LogP contribution in [0.3, 0.4) is 0 Å². The number of aliphatic hydroxyl groups excluding tert-OH is 4. The number of aliphatic carboxylic acids is 1. The molecule has 1 aliphatic heterocycles. The van der Waals surface area contributed by atoms with Crippen molar-refractivity contribution in [1.29, 1.82) is 0 Å². The third-order valence-electron chi connectivity index (χ3n) is 6.36. The van der Waals surface area contributed by atoms with Crippen LogP contribution in [0.4, 0.5) is 0 Å². The number of nitrogens with one attached hydrogen (secondary N) is 1. The highest BCUT2D eigenvalue weighted by atomic mass is 16.7. The molecule has 6 N–H and O–H groups in total. The number of carbonyl (C=O) groups is 2. The van der Waals surface area contributed by atoms with Gasteiger partial charge in [-0.25, -0.2) is 4.79 Å². The molecule has 7 atom stereocenters. The van der Waals surface area contributed by atoms with E-state index in [1.807, 2.05) is 6.08 Å². The maximum atomic E-state index is 11.6. The molecule has 10 heteroatoms. The van der Waals surface area contributed by atoms with E-state index < -0.39 is 54.7 Å². The summed E-state index contributed by atoms with van der Waals surface area (Å²) in [6, 6.07) is -0.890. The molecular weight excluding hydrogens is 470 g/mol. The first kappa shape index (κ1) is 32.5. The lowest BCUT2D eigenvalue weighted by Crippen LogP contribution is -2.61. The van der Waals surface area contributed by atoms with Crippen LogP contribution in [0.15, 0.2) is 12.2 Å². The first-order valence-corrected chi connectivity index (χ1v) is 13.3. The first-order chi connectivity index (χ1) is 17.2. The molecule has 210 valence electrons. The highest BCUT2D eigenvalue weighted by molar-refractivity contribution is 5.73. The van der Waals surface area contributed by atoms with Crippen molar-refractivity contribution in [3.8, 4) is 0 Å². The third-order valence-corrected chi connectivity index (χ3v) is 6.36. The minimum absolute atomic E-state index is 0.319. The standard InChI is InChI=1S/C26H47NO9/c1-3-4-5-6-7-8-9-10-11-12-13-14-15-16-20(29)19(27-18(2)28)17-35-26-23(32)21(30)22(31)24(36-26)25(33)34/h15-16,19-24,26,29-32H,3-14,17H2,1-2H3,(H,27,28)(H,33,34)/b16-15+/t19-,20+,21-,22-,23+,24-,26-/m0/s1. The molecule has 0 bridgehead atoms. The lowest BCUT2D eigenvalue weighted by atomic mass is 9.99. The predicted molar refractivity (Wildman–Crippen MR) is 134 cm³/mol. The van der Waals surface area contributed by atoms with Crippen LogP contribution in [0, 0.1) is 0 Å². The number of amides is 1. The zero-order valence-electron chi connectivity index (χ0n) is 21.8. The number of allylic oxidation sites excluding steroid dienone is 1. The van der Waals surface area contributed by atoms with Gasteiger partial charge in [-0.05, 0) is 12.8 Å². The molecule has 0 saturated carbocycles. The van der Waals surface area contributed by atoms with E-state index in [2.05, 4.69) is 12.2 Å². The molecule has 10 nitrogen and oxygen atoms in total. The van der Waals surface area contributed by atoms with Gasteiger partial charge in [0.15, 0.2) is 12.4 Å². The Labute approximate surface area is 214 Å². The van der Waals surface area contributed by atoms with Crippen molar-refractivity contribution in [3.05, 3.63) is 12.2 Å². The zero-order chi connectivity index (χ0) is 26.9. The zero-order valence-corrected chi connectivity index (χ0v) is 21.8. The molecule has 0 unspecified atom stereocenters. The minimum atomic E-state index is -1.83. The number of hydrogen-bond donors (Lipinski definition) is 6. The summed E-state index contributed by atoms with van der Waals surface area (Å²) in [4.78, 5) is 22.8. The molecule has 1 fully saturated rings. The van der Waals surface area contributed by atoms with Gasteiger partial charge in [0.2, 0.25) is 5.91 Å². The van der Waals surface area contributed by atoms with E-state index in [1.54, 1.807) is 6.08 Å². The molecule has 0 spiro atoms. The van der Waals surface area contributed by atoms with E-state index in [0.717, 1.165) is 19.3 Å². The Hall–Kier alpha value is -1.56. The van der Waals surface area contributed by atoms with Crippen LogP contribution in [0.5, 0.6) is 0 Å². The van der Waals surface area contributed by atoms with Crippen LogP contribution in [0.25, 0.3) is 0 Å². The SMILES string of the molecule is CCCCCCCCCCCCC/C=C/[C@@H](O)[C@H](CO[C@H]1O[C@H](C(=O)O)[C@@H](O)[C@H](O)[C@H]1O)NC(C)=O. The Morgan fingerprint density at radius 1 is 0.917 bits per heavy atom. The summed E-state index contributed by atoms with van der Waals surface area (Å²) in [6.45, 7) is 3.19. The van der Waals surface area contributed by atoms with Crippen LogP contribution in [0.2, 0.25) is 0 Å². The summed E-state index contributed by atoms with van der Waals surface area (Å²) in [5, 5.41) is 51.9. The molecule has 0 aromatic heterocycles. The minimum Gasteiger partial charge on any atom is -0.479 e. The predicted octanol–water partition coefficient (Wildman–Crippen LogP) is 2.02. The summed E-state index contributed by atoms with van der Waals surface area (Å²) in [5.41, 5.74) is 0. The van der Waals surface area contributed by atoms with Crippen molar-refractivity contribution in [1.82, 2.24) is 5.32 Å². The van der Waals surface area contributed by atoms with Crippen molar-refractivity contribution in [2.45, 2.75) is 134 Å². The van der Waals surface area contributed by atoms with Crippen molar-refractivity contribution in [3.63, 3.8) is 0 Å². The smallest absolute Gasteiger partial charge is 0.335 e. The number of carboxylic acid groups (broad SMARTS) is 1. The maximum absolute atomic E-state index is 11.6. The summed E-state index contributed by atoms with van der Waals surface area (Å²) < 4.78 is 10.4. The summed E-state index contributed by atoms with van der Waals surface area (Å²) in [5.74, 6) is -1.93. The number of hydrogen-bond acceptors (Lipinski definition) is 8. The van der Waals surface area contributed by atoms with Crippen LogP contribution in [-0.2, 0) is 19.1 Å². The van der Waals surface area contributed by atoms with Crippen molar-refractivity contribution in [2.24, 2.45) is 0 Å². The second-order valence-electron chi connectivity index (χ2n) is 9.62. The molecule has 0 radical (unpaired) electrons. The fraction of sp³-hybridized carbons (Fsp3) is 0.846. The van der Waals surface area contributed by atoms with Gasteiger partial charge >= 0.3 is 5.97 Å². The van der Waals surface area contributed by atoms with Crippen molar-refractivity contribution >= 4 is 11.9 Å². The Kier molecular flexibility index (Phi) is 16.8. The van der Waals surface area contributed by atoms with Gasteiger partial charge in [0.25, 0.3) is 0 Å². The fourth-order valence-electron chi connectivity index (χ4n) is 4.17. The lowest BCUT2D eigenvalue weighted by molar-refractivity contribution is -0.295. The van der Waals surface area contributed by atoms with E-state index in [4.69, 9.17) is 14.6 Å². The van der Waals surface area contributed by atoms with Crippen LogP contribution in [0.1, 0.15) is 90.9 Å². The molecule has 36 heavy (non-hydrogen) atoms. The largest absolute Gasteiger partial charge is 0.479 e. The highest BCUT2D eigenvalue weighted by Crippen LogP contribution is 2.23. The monoisotopic (exact) mass is 517 g/mol. The van der Waals surface area contributed by atoms with E-state index in [0.29, 0.717) is 0 Å². The Bertz CT molecular complexity index is 645. The Morgan fingerprint density at radius 3 is 2.00 bits per heavy atom. The molecule has 0 aliphatic carbocycles. The summed E-state index contributed by atoms with van der Waals surface area (Å²) in [6.07, 6.45) is 8.20. The van der Waals surface area contributed by atoms with Crippen LogP contribution in [-0.4, -0.2) is 86.9 Å². The number of rotatable bonds is 19. The maximum Gasteiger partial charge on any atom is 0.335 e. The average Bonchev–Trinajstić information content (AvgIpc) is 2.83. The Morgan fingerprint density at radius 2 is 1.47 bits per heavy atom. The van der Waals surface area contributed by atoms with Crippen molar-refractivity contribution < 1.29 is 44.6 Å². The van der Waals surface area contributed by atoms with Gasteiger partial charge in [-0.1, -0.05) is 83.3 Å². The molecule has 1 heterocycles. The number of aliphatic hydroxyl groups is 4. The van der Waals surface area contributed by atoms with E-state index in [1.165, 1.54) is 64.7 Å². The average molecular weight is 518 g/mol. The number of carbonyl (C=O) groups excluding carboxylic acids is 1. The summed E-state index contributed by atoms with van der Waals surface area (Å²) in [7, 11) is 0. The van der Waals surface area contributed by atoms with Gasteiger partial charge in [-0.3, -0.25) is 4.79 Å². The molecule has 1 amide bonds. The van der Waals surface area contributed by atoms with Gasteiger partial charge in [0.1, 0.15) is 18.3 Å². The molecule has 1 aliphatic rings. The van der Waals surface area contributed by atoms with E-state index in [9.17, 15) is 30.0 Å². The fourth-order valence-corrected chi connectivity index (χ4v) is 4.17. The van der Waals surface area contributed by atoms with Gasteiger partial charge in [0.05, 0.1) is 18.8 Å². The van der Waals surface area contributed by atoms with Gasteiger partial charge < -0.3 is 40.3 Å². The van der Waals surface area contributed by atoms with Gasteiger partial charge in [-0.2, -0.15) is 0 Å². The van der Waals surface area contributed by atoms with E-state index in [-0.39, 0.29) is 6.61 Å². The normalized spacial score (nSPS) is 26.1. The number of carboxylic acids is 1. The molecular formula is C26H47NO9. The second-order valence-corrected chi connectivity index (χ2v) is 9.62. The van der Waals surface area contributed by atoms with Gasteiger partial charge in [0, 0.05) is 6.92 Å². The molecule has 0 aromatic rings. The quantitative estimate of drug-likeness (QED) is 0.111. The van der Waals surface area contributed by atoms with Gasteiger partial charge in [-0.15, -0.1) is 0 Å². The molecule has 1 rings (SSSR count).